The molecule has 2 aromatic rings. The molecule has 2 rings (SSSR count). The van der Waals surface area contributed by atoms with E-state index in [2.05, 4.69) is 10.3 Å². The van der Waals surface area contributed by atoms with Crippen LogP contribution in [0.25, 0.3) is 6.08 Å². The zero-order valence-electron chi connectivity index (χ0n) is 14.3. The summed E-state index contributed by atoms with van der Waals surface area (Å²) in [6.45, 7) is 6.50. The fraction of sp³-hybridized carbons (Fsp3) is 0.333. The van der Waals surface area contributed by atoms with Crippen molar-refractivity contribution in [3.63, 3.8) is 0 Å². The van der Waals surface area contributed by atoms with Crippen LogP contribution >= 0.6 is 0 Å². The number of ether oxygens (including phenoxy) is 1. The molecule has 0 saturated carbocycles. The van der Waals surface area contributed by atoms with Crippen LogP contribution in [-0.4, -0.2) is 27.8 Å². The molecule has 1 aromatic heterocycles. The van der Waals surface area contributed by atoms with Crippen LogP contribution < -0.4 is 11.1 Å². The van der Waals surface area contributed by atoms with E-state index in [-0.39, 0.29) is 0 Å². The summed E-state index contributed by atoms with van der Waals surface area (Å²) >= 11 is 0. The highest BCUT2D eigenvalue weighted by Gasteiger charge is 2.15. The number of nitrogens with zero attached hydrogens (tertiary/aromatic N) is 2. The van der Waals surface area contributed by atoms with E-state index in [1.807, 2.05) is 67.9 Å². The molecule has 0 spiro atoms. The van der Waals surface area contributed by atoms with Crippen LogP contribution in [0.1, 0.15) is 32.0 Å². The predicted molar refractivity (Wildman–Crippen MR) is 95.5 cm³/mol. The smallest absolute Gasteiger partial charge is 0.407 e. The van der Waals surface area contributed by atoms with Crippen LogP contribution in [-0.2, 0) is 11.3 Å². The molecular formula is C18H24N4O2. The van der Waals surface area contributed by atoms with Crippen molar-refractivity contribution in [2.75, 3.05) is 12.3 Å². The van der Waals surface area contributed by atoms with Crippen LogP contribution in [0.5, 0.6) is 0 Å². The number of imidazole rings is 1. The van der Waals surface area contributed by atoms with Gasteiger partial charge in [-0.2, -0.15) is 0 Å². The summed E-state index contributed by atoms with van der Waals surface area (Å²) in [6, 6.07) is 10.0. The van der Waals surface area contributed by atoms with E-state index >= 15 is 0 Å². The first-order chi connectivity index (χ1) is 11.3. The normalized spacial score (nSPS) is 11.6. The topological polar surface area (TPSA) is 82.2 Å². The molecule has 1 aromatic carbocycles. The summed E-state index contributed by atoms with van der Waals surface area (Å²) in [5.74, 6) is 0.457. The first-order valence-corrected chi connectivity index (χ1v) is 7.83. The van der Waals surface area contributed by atoms with Crippen molar-refractivity contribution < 1.29 is 9.53 Å². The van der Waals surface area contributed by atoms with Gasteiger partial charge in [0.25, 0.3) is 0 Å². The van der Waals surface area contributed by atoms with Gasteiger partial charge >= 0.3 is 6.09 Å². The van der Waals surface area contributed by atoms with Crippen molar-refractivity contribution in [3.8, 4) is 0 Å². The number of carbonyl (C=O) groups excluding carboxylic acids is 1. The number of rotatable bonds is 5. The molecule has 0 aliphatic heterocycles. The Labute approximate surface area is 142 Å². The molecule has 6 heteroatoms. The van der Waals surface area contributed by atoms with E-state index in [0.717, 1.165) is 11.3 Å². The summed E-state index contributed by atoms with van der Waals surface area (Å²) in [4.78, 5) is 15.8. The summed E-state index contributed by atoms with van der Waals surface area (Å²) in [7, 11) is 0. The van der Waals surface area contributed by atoms with E-state index in [0.29, 0.717) is 19.0 Å². The lowest BCUT2D eigenvalue weighted by molar-refractivity contribution is 0.0534. The van der Waals surface area contributed by atoms with E-state index < -0.39 is 11.7 Å². The molecule has 0 unspecified atom stereocenters. The van der Waals surface area contributed by atoms with Gasteiger partial charge in [0.15, 0.2) is 0 Å². The maximum absolute atomic E-state index is 11.5. The van der Waals surface area contributed by atoms with Gasteiger partial charge in [0.2, 0.25) is 5.95 Å². The molecule has 128 valence electrons. The highest BCUT2D eigenvalue weighted by atomic mass is 16.6. The molecule has 0 aliphatic rings. The molecule has 0 atom stereocenters. The number of nitrogens with one attached hydrogen (secondary N) is 1. The minimum atomic E-state index is -0.502. The quantitative estimate of drug-likeness (QED) is 0.884. The minimum Gasteiger partial charge on any atom is -0.444 e. The van der Waals surface area contributed by atoms with Gasteiger partial charge in [-0.3, -0.25) is 0 Å². The fourth-order valence-electron chi connectivity index (χ4n) is 2.07. The number of carbonyl (C=O) groups is 1. The summed E-state index contributed by atoms with van der Waals surface area (Å²) < 4.78 is 7.04. The lowest BCUT2D eigenvalue weighted by atomic mass is 10.2. The lowest BCUT2D eigenvalue weighted by Crippen LogP contribution is -2.32. The number of benzene rings is 1. The Morgan fingerprint density at radius 3 is 2.71 bits per heavy atom. The molecule has 0 radical (unpaired) electrons. The molecule has 6 nitrogen and oxygen atoms in total. The van der Waals surface area contributed by atoms with Gasteiger partial charge in [-0.25, -0.2) is 9.78 Å². The van der Waals surface area contributed by atoms with Crippen molar-refractivity contribution in [2.45, 2.75) is 32.9 Å². The lowest BCUT2D eigenvalue weighted by Gasteiger charge is -2.19. The average molecular weight is 328 g/mol. The van der Waals surface area contributed by atoms with Crippen LogP contribution in [0.2, 0.25) is 0 Å². The van der Waals surface area contributed by atoms with Gasteiger partial charge < -0.3 is 20.4 Å². The summed E-state index contributed by atoms with van der Waals surface area (Å²) in [6.07, 6.45) is 5.06. The molecule has 0 bridgehead atoms. The Morgan fingerprint density at radius 1 is 1.33 bits per heavy atom. The zero-order valence-corrected chi connectivity index (χ0v) is 14.3. The van der Waals surface area contributed by atoms with Gasteiger partial charge in [-0.15, -0.1) is 0 Å². The number of amides is 1. The number of aromatic nitrogens is 2. The van der Waals surface area contributed by atoms with Gasteiger partial charge in [0.05, 0.1) is 12.2 Å². The third kappa shape index (κ3) is 5.79. The van der Waals surface area contributed by atoms with Crippen LogP contribution in [0.15, 0.2) is 42.6 Å². The standard InChI is InChI=1S/C18H24N4O2/c1-18(2,3)24-17(23)20-11-7-10-15-13-22(16(19)21-15)12-14-8-5-4-6-9-14/h4-10,13H,11-12H2,1-3H3,(H2,19,21)(H,20,23)/b10-7+. The Bertz CT molecular complexity index is 700. The number of nitrogen functional groups attached to an aromatic ring is 1. The summed E-state index contributed by atoms with van der Waals surface area (Å²) in [5, 5.41) is 2.66. The van der Waals surface area contributed by atoms with E-state index in [4.69, 9.17) is 10.5 Å². The molecule has 0 aliphatic carbocycles. The monoisotopic (exact) mass is 328 g/mol. The number of alkyl carbamates (subject to hydrolysis) is 1. The third-order valence-electron chi connectivity index (χ3n) is 3.07. The third-order valence-corrected chi connectivity index (χ3v) is 3.07. The second kappa shape index (κ2) is 7.68. The Morgan fingerprint density at radius 2 is 2.04 bits per heavy atom. The van der Waals surface area contributed by atoms with Crippen molar-refractivity contribution in [3.05, 3.63) is 53.9 Å². The molecule has 0 saturated heterocycles. The average Bonchev–Trinajstić information content (AvgIpc) is 2.83. The maximum Gasteiger partial charge on any atom is 0.407 e. The van der Waals surface area contributed by atoms with Crippen LogP contribution in [0.4, 0.5) is 10.7 Å². The van der Waals surface area contributed by atoms with E-state index in [1.165, 1.54) is 0 Å². The van der Waals surface area contributed by atoms with E-state index in [1.54, 1.807) is 6.08 Å². The van der Waals surface area contributed by atoms with Gasteiger partial charge in [-0.05, 0) is 32.4 Å². The molecule has 1 heterocycles. The van der Waals surface area contributed by atoms with Crippen molar-refractivity contribution in [2.24, 2.45) is 0 Å². The molecular weight excluding hydrogens is 304 g/mol. The Balaban J connectivity index is 1.87. The van der Waals surface area contributed by atoms with Crippen LogP contribution in [0.3, 0.4) is 0 Å². The number of hydrogen-bond acceptors (Lipinski definition) is 4. The first-order valence-electron chi connectivity index (χ1n) is 7.83. The minimum absolute atomic E-state index is 0.361. The second-order valence-electron chi connectivity index (χ2n) is 6.42. The SMILES string of the molecule is CC(C)(C)OC(=O)NC/C=C/c1cn(Cc2ccccc2)c(N)n1. The Kier molecular flexibility index (Phi) is 5.63. The zero-order chi connectivity index (χ0) is 17.6. The highest BCUT2D eigenvalue weighted by molar-refractivity contribution is 5.68. The largest absolute Gasteiger partial charge is 0.444 e. The van der Waals surface area contributed by atoms with E-state index in [9.17, 15) is 4.79 Å². The molecule has 24 heavy (non-hydrogen) atoms. The van der Waals surface area contributed by atoms with Gasteiger partial charge in [-0.1, -0.05) is 36.4 Å². The first kappa shape index (κ1) is 17.6. The second-order valence-corrected chi connectivity index (χ2v) is 6.42. The van der Waals surface area contributed by atoms with Crippen molar-refractivity contribution >= 4 is 18.1 Å². The summed E-state index contributed by atoms with van der Waals surface area (Å²) in [5.41, 5.74) is 7.34. The number of hydrogen-bond donors (Lipinski definition) is 2. The van der Waals surface area contributed by atoms with Gasteiger partial charge in [0.1, 0.15) is 5.60 Å². The molecule has 3 N–H and O–H groups in total. The Hall–Kier alpha value is -2.76. The highest BCUT2D eigenvalue weighted by Crippen LogP contribution is 2.11. The predicted octanol–water partition coefficient (Wildman–Crippen LogP) is 3.05. The number of nitrogens with two attached hydrogens (primary N) is 1. The fourth-order valence-corrected chi connectivity index (χ4v) is 2.07. The molecule has 0 fully saturated rings. The van der Waals surface area contributed by atoms with Crippen molar-refractivity contribution in [1.82, 2.24) is 14.9 Å². The van der Waals surface area contributed by atoms with Gasteiger partial charge in [0, 0.05) is 12.7 Å². The molecule has 1 amide bonds. The number of anilines is 1. The van der Waals surface area contributed by atoms with Crippen LogP contribution in [0, 0.1) is 0 Å². The maximum atomic E-state index is 11.5. The van der Waals surface area contributed by atoms with Crippen molar-refractivity contribution in [1.29, 1.82) is 0 Å².